The summed E-state index contributed by atoms with van der Waals surface area (Å²) in [6, 6.07) is 47.5. The second-order valence-corrected chi connectivity index (χ2v) is 21.3. The molecule has 0 fully saturated rings. The molecule has 2 nitrogen and oxygen atoms in total. The highest BCUT2D eigenvalue weighted by atomic mass is 15.0. The van der Waals surface area contributed by atoms with Crippen molar-refractivity contribution in [3.63, 3.8) is 0 Å². The van der Waals surface area contributed by atoms with E-state index in [4.69, 9.17) is 0 Å². The van der Waals surface area contributed by atoms with Crippen LogP contribution in [0.1, 0.15) is 105 Å². The normalized spacial score (nSPS) is 13.5. The maximum Gasteiger partial charge on any atom is 0.0541 e. The molecule has 10 aromatic rings. The van der Waals surface area contributed by atoms with E-state index in [0.29, 0.717) is 0 Å². The van der Waals surface area contributed by atoms with Crippen molar-refractivity contribution in [2.45, 2.75) is 105 Å². The Morgan fingerprint density at radius 1 is 0.276 bits per heavy atom. The molecule has 2 heteroatoms. The van der Waals surface area contributed by atoms with Crippen molar-refractivity contribution >= 4 is 75.9 Å². The van der Waals surface area contributed by atoms with Crippen LogP contribution in [0.15, 0.2) is 121 Å². The van der Waals surface area contributed by atoms with Gasteiger partial charge in [0, 0.05) is 32.9 Å². The van der Waals surface area contributed by atoms with Gasteiger partial charge in [-0.05, 0) is 149 Å². The second-order valence-electron chi connectivity index (χ2n) is 21.3. The average molecular weight is 757 g/mol. The Balaban J connectivity index is 1.18. The predicted molar refractivity (Wildman–Crippen MR) is 254 cm³/mol. The molecule has 0 spiro atoms. The van der Waals surface area contributed by atoms with Crippen LogP contribution >= 0.6 is 0 Å². The minimum Gasteiger partial charge on any atom is -0.309 e. The van der Waals surface area contributed by atoms with E-state index in [-0.39, 0.29) is 21.7 Å². The lowest BCUT2D eigenvalue weighted by atomic mass is 9.85. The number of aromatic nitrogens is 2. The van der Waals surface area contributed by atoms with E-state index in [1.807, 2.05) is 0 Å². The summed E-state index contributed by atoms with van der Waals surface area (Å²) in [6.45, 7) is 27.7. The van der Waals surface area contributed by atoms with E-state index >= 15 is 0 Å². The molecule has 8 aromatic carbocycles. The number of nitrogens with zero attached hydrogens (tertiary/aromatic N) is 2. The minimum absolute atomic E-state index is 0.0634. The van der Waals surface area contributed by atoms with Crippen LogP contribution in [0.4, 0.5) is 0 Å². The number of hydrogen-bond donors (Lipinski definition) is 0. The van der Waals surface area contributed by atoms with E-state index in [0.717, 1.165) is 0 Å². The Kier molecular flexibility index (Phi) is 7.58. The topological polar surface area (TPSA) is 9.86 Å². The molecule has 2 aromatic heterocycles. The third-order valence-corrected chi connectivity index (χ3v) is 13.0. The van der Waals surface area contributed by atoms with E-state index in [2.05, 4.69) is 214 Å². The maximum atomic E-state index is 2.49. The highest BCUT2D eigenvalue weighted by Crippen LogP contribution is 2.43. The summed E-state index contributed by atoms with van der Waals surface area (Å²) in [4.78, 5) is 0. The van der Waals surface area contributed by atoms with Gasteiger partial charge >= 0.3 is 0 Å². The fraction of sp³-hybridized carbons (Fsp3) is 0.286. The minimum atomic E-state index is 0.0634. The second kappa shape index (κ2) is 12.0. The average Bonchev–Trinajstić information content (AvgIpc) is 3.66. The molecule has 0 saturated carbocycles. The van der Waals surface area contributed by atoms with Gasteiger partial charge < -0.3 is 9.13 Å². The van der Waals surface area contributed by atoms with Gasteiger partial charge in [-0.3, -0.25) is 0 Å². The zero-order valence-corrected chi connectivity index (χ0v) is 36.4. The Morgan fingerprint density at radius 3 is 0.707 bits per heavy atom. The van der Waals surface area contributed by atoms with Gasteiger partial charge in [-0.15, -0.1) is 0 Å². The summed E-state index contributed by atoms with van der Waals surface area (Å²) in [5.74, 6) is 0. The van der Waals surface area contributed by atoms with Crippen LogP contribution in [0, 0.1) is 0 Å². The van der Waals surface area contributed by atoms with Gasteiger partial charge in [0.2, 0.25) is 0 Å². The molecule has 0 N–H and O–H groups in total. The first-order chi connectivity index (χ1) is 27.3. The molecule has 2 heterocycles. The van der Waals surface area contributed by atoms with Crippen molar-refractivity contribution in [1.82, 2.24) is 9.13 Å². The molecule has 0 aliphatic rings. The fourth-order valence-electron chi connectivity index (χ4n) is 9.53. The largest absolute Gasteiger partial charge is 0.309 e. The molecule has 290 valence electrons. The Labute approximate surface area is 343 Å². The molecule has 0 atom stereocenters. The van der Waals surface area contributed by atoms with Crippen LogP contribution in [0.3, 0.4) is 0 Å². The van der Waals surface area contributed by atoms with Gasteiger partial charge in [0.1, 0.15) is 0 Å². The fourth-order valence-corrected chi connectivity index (χ4v) is 9.53. The molecule has 0 unspecified atom stereocenters. The number of fused-ring (bicyclic) bond motifs is 6. The predicted octanol–water partition coefficient (Wildman–Crippen LogP) is 16.0. The lowest BCUT2D eigenvalue weighted by molar-refractivity contribution is 0.590. The Bertz CT molecular complexity index is 2870. The molecule has 0 aliphatic carbocycles. The SMILES string of the molecule is CC(C)(C)c1ccc2c(c1)c1cc(C(C)(C)C)ccc1n2-c1cc2ccc3cc(-n4c5ccc(C(C)(C)C)cc5c5cc(C(C)(C)C)ccc54)cc4ccc(c1)c2c34. The van der Waals surface area contributed by atoms with Gasteiger partial charge in [-0.25, -0.2) is 0 Å². The molecule has 0 saturated heterocycles. The summed E-state index contributed by atoms with van der Waals surface area (Å²) in [6.07, 6.45) is 0. The van der Waals surface area contributed by atoms with Gasteiger partial charge in [-0.1, -0.05) is 132 Å². The molecule has 10 rings (SSSR count). The molecule has 0 bridgehead atoms. The zero-order valence-electron chi connectivity index (χ0n) is 36.4. The van der Waals surface area contributed by atoms with Crippen LogP contribution < -0.4 is 0 Å². The van der Waals surface area contributed by atoms with Crippen LogP contribution in [-0.4, -0.2) is 9.13 Å². The lowest BCUT2D eigenvalue weighted by Crippen LogP contribution is -2.10. The number of rotatable bonds is 2. The van der Waals surface area contributed by atoms with Crippen molar-refractivity contribution in [3.05, 3.63) is 144 Å². The Hall–Kier alpha value is -5.60. The molecule has 58 heavy (non-hydrogen) atoms. The van der Waals surface area contributed by atoms with E-state index in [1.165, 1.54) is 110 Å². The smallest absolute Gasteiger partial charge is 0.0541 e. The first-order valence-electron chi connectivity index (χ1n) is 21.2. The van der Waals surface area contributed by atoms with Crippen LogP contribution in [0.5, 0.6) is 0 Å². The van der Waals surface area contributed by atoms with Gasteiger partial charge in [0.15, 0.2) is 0 Å². The quantitative estimate of drug-likeness (QED) is 0.155. The first-order valence-corrected chi connectivity index (χ1v) is 21.2. The van der Waals surface area contributed by atoms with Crippen molar-refractivity contribution in [3.8, 4) is 11.4 Å². The summed E-state index contributed by atoms with van der Waals surface area (Å²) < 4.78 is 4.99. The summed E-state index contributed by atoms with van der Waals surface area (Å²) in [5, 5.41) is 13.0. The van der Waals surface area contributed by atoms with Crippen molar-refractivity contribution in [2.75, 3.05) is 0 Å². The molecule has 0 amide bonds. The summed E-state index contributed by atoms with van der Waals surface area (Å²) >= 11 is 0. The number of hydrogen-bond acceptors (Lipinski definition) is 0. The highest BCUT2D eigenvalue weighted by Gasteiger charge is 2.24. The molecular weight excluding hydrogens is 701 g/mol. The number of benzene rings is 8. The van der Waals surface area contributed by atoms with Crippen molar-refractivity contribution in [2.24, 2.45) is 0 Å². The van der Waals surface area contributed by atoms with Crippen molar-refractivity contribution < 1.29 is 0 Å². The maximum absolute atomic E-state index is 2.49. The van der Waals surface area contributed by atoms with Crippen LogP contribution in [-0.2, 0) is 21.7 Å². The third kappa shape index (κ3) is 5.58. The van der Waals surface area contributed by atoms with Crippen LogP contribution in [0.2, 0.25) is 0 Å². The van der Waals surface area contributed by atoms with Gasteiger partial charge in [-0.2, -0.15) is 0 Å². The van der Waals surface area contributed by atoms with E-state index < -0.39 is 0 Å². The van der Waals surface area contributed by atoms with Gasteiger partial charge in [0.25, 0.3) is 0 Å². The first kappa shape index (κ1) is 36.7. The standard InChI is InChI=1S/C56H56N2/c1-53(2,3)37-17-21-47-43(29-37)44-30-38(54(4,5)6)18-22-48(44)57(47)41-25-33-13-15-35-27-42(28-36-16-14-34(26-41)51(33)52(35)36)58-49-23-19-39(55(7,8)9)31-45(49)46-32-40(56(10,11)12)20-24-50(46)58/h13-32H,1-12H3. The molecule has 0 aliphatic heterocycles. The van der Waals surface area contributed by atoms with E-state index in [9.17, 15) is 0 Å². The summed E-state index contributed by atoms with van der Waals surface area (Å²) in [7, 11) is 0. The molecule has 0 radical (unpaired) electrons. The van der Waals surface area contributed by atoms with Crippen LogP contribution in [0.25, 0.3) is 87.3 Å². The van der Waals surface area contributed by atoms with E-state index in [1.54, 1.807) is 0 Å². The van der Waals surface area contributed by atoms with Crippen molar-refractivity contribution in [1.29, 1.82) is 0 Å². The summed E-state index contributed by atoms with van der Waals surface area (Å²) in [5.41, 5.74) is 13.1. The highest BCUT2D eigenvalue weighted by molar-refractivity contribution is 6.24. The monoisotopic (exact) mass is 756 g/mol. The molecular formula is C56H56N2. The van der Waals surface area contributed by atoms with Gasteiger partial charge in [0.05, 0.1) is 22.1 Å². The zero-order chi connectivity index (χ0) is 40.8. The lowest BCUT2D eigenvalue weighted by Gasteiger charge is -2.19. The Morgan fingerprint density at radius 2 is 0.500 bits per heavy atom. The third-order valence-electron chi connectivity index (χ3n) is 13.0.